The molecule has 3 aromatic carbocycles. The number of fused-ring (bicyclic) bond motifs is 1. The van der Waals surface area contributed by atoms with Crippen LogP contribution in [0.15, 0.2) is 66.7 Å². The fourth-order valence-corrected chi connectivity index (χ4v) is 8.57. The van der Waals surface area contributed by atoms with Crippen LogP contribution >= 0.6 is 11.3 Å². The number of benzene rings is 3. The van der Waals surface area contributed by atoms with Crippen molar-refractivity contribution < 1.29 is 28.6 Å². The number of hydrogen-bond acceptors (Lipinski definition) is 8. The van der Waals surface area contributed by atoms with E-state index in [1.165, 1.54) is 17.8 Å². The molecule has 2 heterocycles. The van der Waals surface area contributed by atoms with Crippen LogP contribution in [0.5, 0.6) is 17.2 Å². The predicted octanol–water partition coefficient (Wildman–Crippen LogP) is 8.71. The highest BCUT2D eigenvalue weighted by Gasteiger charge is 2.27. The summed E-state index contributed by atoms with van der Waals surface area (Å²) in [6, 6.07) is 20.3. The van der Waals surface area contributed by atoms with E-state index in [1.807, 2.05) is 48.5 Å². The Morgan fingerprint density at radius 2 is 1.35 bits per heavy atom. The van der Waals surface area contributed by atoms with Gasteiger partial charge < -0.3 is 14.2 Å². The average Bonchev–Trinajstić information content (AvgIpc) is 3.93. The highest BCUT2D eigenvalue weighted by Crippen LogP contribution is 2.42. The zero-order chi connectivity index (χ0) is 33.0. The lowest BCUT2D eigenvalue weighted by Gasteiger charge is -2.15. The number of ketones is 1. The second-order valence-corrected chi connectivity index (χ2v) is 14.7. The van der Waals surface area contributed by atoms with Crippen LogP contribution in [0.2, 0.25) is 0 Å². The first-order valence-corrected chi connectivity index (χ1v) is 18.3. The molecule has 48 heavy (non-hydrogen) atoms. The largest absolute Gasteiger partial charge is 0.492 e. The Balaban J connectivity index is 1.13. The highest BCUT2D eigenvalue weighted by molar-refractivity contribution is 7.22. The minimum atomic E-state index is -0.181. The van der Waals surface area contributed by atoms with Gasteiger partial charge in [-0.15, -0.1) is 11.3 Å². The van der Waals surface area contributed by atoms with Gasteiger partial charge in [-0.25, -0.2) is 0 Å². The molecule has 2 saturated carbocycles. The topological polar surface area (TPSA) is 82.1 Å². The van der Waals surface area contributed by atoms with Crippen molar-refractivity contribution in [2.24, 2.45) is 17.8 Å². The Morgan fingerprint density at radius 1 is 0.750 bits per heavy atom. The summed E-state index contributed by atoms with van der Waals surface area (Å²) in [5, 5.41) is 0.803. The van der Waals surface area contributed by atoms with Crippen molar-refractivity contribution in [1.82, 2.24) is 4.90 Å². The summed E-state index contributed by atoms with van der Waals surface area (Å²) in [5.41, 5.74) is 2.01. The first-order valence-electron chi connectivity index (χ1n) is 17.5. The van der Waals surface area contributed by atoms with Gasteiger partial charge in [0, 0.05) is 39.2 Å². The maximum atomic E-state index is 14.2. The molecule has 3 aliphatic rings. The lowest BCUT2D eigenvalue weighted by molar-refractivity contribution is -0.139. The van der Waals surface area contributed by atoms with Crippen LogP contribution in [0.4, 0.5) is 0 Å². The average molecular weight is 666 g/mol. The van der Waals surface area contributed by atoms with E-state index in [0.717, 1.165) is 103 Å². The van der Waals surface area contributed by atoms with Crippen molar-refractivity contribution in [1.29, 1.82) is 0 Å². The fourth-order valence-electron chi connectivity index (χ4n) is 7.33. The van der Waals surface area contributed by atoms with Gasteiger partial charge in [0.1, 0.15) is 23.9 Å². The Labute approximate surface area is 286 Å². The van der Waals surface area contributed by atoms with E-state index in [-0.39, 0.29) is 29.6 Å². The van der Waals surface area contributed by atoms with Crippen molar-refractivity contribution in [3.05, 3.63) is 77.9 Å². The summed E-state index contributed by atoms with van der Waals surface area (Å²) in [6.45, 7) is 6.03. The minimum absolute atomic E-state index is 0.0286. The van der Waals surface area contributed by atoms with E-state index in [2.05, 4.69) is 11.8 Å². The number of rotatable bonds is 11. The Bertz CT molecular complexity index is 1770. The van der Waals surface area contributed by atoms with Gasteiger partial charge in [-0.3, -0.25) is 19.3 Å². The monoisotopic (exact) mass is 665 g/mol. The molecule has 7 rings (SSSR count). The van der Waals surface area contributed by atoms with Gasteiger partial charge in [0.15, 0.2) is 5.78 Å². The first-order chi connectivity index (χ1) is 23.4. The SMILES string of the molecule is CC1CCN(CCOc2ccc(C(=O)c3c(-c4ccc(OC(=O)C5CCCC5)cc4)sc4cc(OC(=O)C5CCCC5)ccc34)cc2)C1. The van der Waals surface area contributed by atoms with Crippen LogP contribution in [0.3, 0.4) is 0 Å². The van der Waals surface area contributed by atoms with Crippen LogP contribution in [0.1, 0.15) is 80.6 Å². The van der Waals surface area contributed by atoms with E-state index >= 15 is 0 Å². The molecular weight excluding hydrogens is 623 g/mol. The van der Waals surface area contributed by atoms with Crippen molar-refractivity contribution in [2.45, 2.75) is 64.7 Å². The second-order valence-electron chi connectivity index (χ2n) is 13.7. The molecule has 0 radical (unpaired) electrons. The van der Waals surface area contributed by atoms with Crippen LogP contribution in [-0.4, -0.2) is 48.9 Å². The molecule has 0 spiro atoms. The molecule has 250 valence electrons. The molecule has 8 heteroatoms. The third-order valence-corrected chi connectivity index (χ3v) is 11.3. The molecule has 7 nitrogen and oxygen atoms in total. The van der Waals surface area contributed by atoms with Gasteiger partial charge in [0.25, 0.3) is 0 Å². The summed E-state index contributed by atoms with van der Waals surface area (Å²) in [5.74, 6) is 1.95. The number of hydrogen-bond donors (Lipinski definition) is 0. The maximum Gasteiger partial charge on any atom is 0.314 e. The van der Waals surface area contributed by atoms with Gasteiger partial charge in [-0.05, 0) is 117 Å². The third-order valence-electron chi connectivity index (χ3n) is 10.1. The Morgan fingerprint density at radius 3 is 1.98 bits per heavy atom. The lowest BCUT2D eigenvalue weighted by Crippen LogP contribution is -2.25. The second kappa shape index (κ2) is 14.6. The van der Waals surface area contributed by atoms with Gasteiger partial charge >= 0.3 is 11.9 Å². The zero-order valence-electron chi connectivity index (χ0n) is 27.6. The van der Waals surface area contributed by atoms with Crippen molar-refractivity contribution in [3.63, 3.8) is 0 Å². The first kappa shape index (κ1) is 32.5. The normalized spacial score (nSPS) is 18.8. The van der Waals surface area contributed by atoms with Gasteiger partial charge in [-0.1, -0.05) is 32.6 Å². The molecule has 0 N–H and O–H groups in total. The van der Waals surface area contributed by atoms with Crippen LogP contribution in [0.25, 0.3) is 20.5 Å². The number of esters is 2. The lowest BCUT2D eigenvalue weighted by atomic mass is 9.97. The third kappa shape index (κ3) is 7.35. The fraction of sp³-hybridized carbons (Fsp3) is 0.425. The van der Waals surface area contributed by atoms with E-state index < -0.39 is 0 Å². The van der Waals surface area contributed by atoms with Crippen LogP contribution in [-0.2, 0) is 9.59 Å². The molecule has 3 fully saturated rings. The quantitative estimate of drug-likeness (QED) is 0.0901. The molecule has 2 aliphatic carbocycles. The van der Waals surface area contributed by atoms with E-state index in [0.29, 0.717) is 29.2 Å². The number of carbonyl (C=O) groups is 3. The predicted molar refractivity (Wildman–Crippen MR) is 188 cm³/mol. The van der Waals surface area contributed by atoms with Gasteiger partial charge in [0.05, 0.1) is 11.8 Å². The number of carbonyl (C=O) groups excluding carboxylic acids is 3. The van der Waals surface area contributed by atoms with E-state index in [9.17, 15) is 14.4 Å². The Kier molecular flexibility index (Phi) is 9.91. The van der Waals surface area contributed by atoms with Gasteiger partial charge in [0.2, 0.25) is 0 Å². The summed E-state index contributed by atoms with van der Waals surface area (Å²) >= 11 is 1.49. The summed E-state index contributed by atoms with van der Waals surface area (Å²) in [7, 11) is 0. The highest BCUT2D eigenvalue weighted by atomic mass is 32.1. The molecular formula is C40H43NO6S. The zero-order valence-corrected chi connectivity index (χ0v) is 28.4. The van der Waals surface area contributed by atoms with Gasteiger partial charge in [-0.2, -0.15) is 0 Å². The molecule has 1 atom stereocenters. The standard InChI is InChI=1S/C40H43NO6S/c1-26-20-21-41(25-26)22-23-45-31-14-10-27(11-15-31)37(42)36-34-19-18-33(47-40(44)30-8-4-5-9-30)24-35(34)48-38(36)28-12-16-32(17-13-28)46-39(43)29-6-2-3-7-29/h10-19,24,26,29-30H,2-9,20-23,25H2,1H3. The van der Waals surface area contributed by atoms with Crippen molar-refractivity contribution in [3.8, 4) is 27.7 Å². The molecule has 1 aromatic heterocycles. The molecule has 1 aliphatic heterocycles. The van der Waals surface area contributed by atoms with Crippen LogP contribution < -0.4 is 14.2 Å². The van der Waals surface area contributed by atoms with Crippen LogP contribution in [0, 0.1) is 17.8 Å². The number of thiophene rings is 1. The van der Waals surface area contributed by atoms with E-state index in [1.54, 1.807) is 18.2 Å². The summed E-state index contributed by atoms with van der Waals surface area (Å²) in [6.07, 6.45) is 8.99. The molecule has 1 saturated heterocycles. The van der Waals surface area contributed by atoms with Crippen molar-refractivity contribution >= 4 is 39.1 Å². The molecule has 0 amide bonds. The minimum Gasteiger partial charge on any atom is -0.492 e. The maximum absolute atomic E-state index is 14.2. The number of ether oxygens (including phenoxy) is 3. The van der Waals surface area contributed by atoms with E-state index in [4.69, 9.17) is 14.2 Å². The Hall–Kier alpha value is -4.01. The molecule has 0 bridgehead atoms. The number of likely N-dealkylation sites (tertiary alicyclic amines) is 1. The molecule has 1 unspecified atom stereocenters. The molecule has 4 aromatic rings. The summed E-state index contributed by atoms with van der Waals surface area (Å²) in [4.78, 5) is 42.9. The smallest absolute Gasteiger partial charge is 0.314 e. The van der Waals surface area contributed by atoms with Crippen molar-refractivity contribution in [2.75, 3.05) is 26.2 Å². The number of nitrogens with zero attached hydrogens (tertiary/aromatic N) is 1. The summed E-state index contributed by atoms with van der Waals surface area (Å²) < 4.78 is 18.4.